The van der Waals surface area contributed by atoms with Gasteiger partial charge in [0.15, 0.2) is 0 Å². The van der Waals surface area contributed by atoms with Crippen LogP contribution in [-0.4, -0.2) is 29.2 Å². The minimum atomic E-state index is -0.223. The van der Waals surface area contributed by atoms with Crippen molar-refractivity contribution in [1.82, 2.24) is 4.90 Å². The molecule has 0 radical (unpaired) electrons. The first kappa shape index (κ1) is 12.1. The maximum Gasteiger partial charge on any atom is 0.0639 e. The van der Waals surface area contributed by atoms with Gasteiger partial charge in [-0.1, -0.05) is 0 Å². The van der Waals surface area contributed by atoms with Crippen molar-refractivity contribution in [1.29, 1.82) is 0 Å². The predicted octanol–water partition coefficient (Wildman–Crippen LogP) is 2.65. The lowest BCUT2D eigenvalue weighted by molar-refractivity contribution is 0.120. The van der Waals surface area contributed by atoms with Crippen LogP contribution in [0.15, 0.2) is 11.4 Å². The van der Waals surface area contributed by atoms with Gasteiger partial charge >= 0.3 is 0 Å². The molecule has 0 aromatic carbocycles. The molecule has 3 heteroatoms. The van der Waals surface area contributed by atoms with Crippen molar-refractivity contribution >= 4 is 11.3 Å². The van der Waals surface area contributed by atoms with Gasteiger partial charge in [-0.3, -0.25) is 4.90 Å². The van der Waals surface area contributed by atoms with Crippen LogP contribution in [-0.2, 0) is 6.54 Å². The Morgan fingerprint density at radius 3 is 2.81 bits per heavy atom. The Morgan fingerprint density at radius 2 is 2.31 bits per heavy atom. The summed E-state index contributed by atoms with van der Waals surface area (Å²) in [4.78, 5) is 3.85. The van der Waals surface area contributed by atoms with E-state index in [1.807, 2.05) is 18.3 Å². The van der Waals surface area contributed by atoms with Crippen molar-refractivity contribution in [3.63, 3.8) is 0 Å². The molecule has 1 fully saturated rings. The van der Waals surface area contributed by atoms with E-state index in [2.05, 4.69) is 23.3 Å². The summed E-state index contributed by atoms with van der Waals surface area (Å²) in [6, 6.07) is 2.18. The molecule has 16 heavy (non-hydrogen) atoms. The Labute approximate surface area is 102 Å². The van der Waals surface area contributed by atoms with E-state index >= 15 is 0 Å². The molecule has 1 aliphatic rings. The highest BCUT2D eigenvalue weighted by Crippen LogP contribution is 2.30. The average molecular weight is 239 g/mol. The third kappa shape index (κ3) is 3.58. The average Bonchev–Trinajstić information content (AvgIpc) is 2.91. The zero-order chi connectivity index (χ0) is 11.5. The molecule has 1 aliphatic carbocycles. The minimum absolute atomic E-state index is 0.223. The Hall–Kier alpha value is -0.380. The number of nitrogens with zero attached hydrogens (tertiary/aromatic N) is 1. The molecule has 2 nitrogen and oxygen atoms in total. The zero-order valence-corrected chi connectivity index (χ0v) is 11.0. The molecule has 1 unspecified atom stereocenters. The van der Waals surface area contributed by atoms with E-state index in [0.717, 1.165) is 25.6 Å². The Balaban J connectivity index is 1.92. The molecule has 90 valence electrons. The fourth-order valence-electron chi connectivity index (χ4n) is 2.01. The topological polar surface area (TPSA) is 23.5 Å². The second kappa shape index (κ2) is 5.30. The monoisotopic (exact) mass is 239 g/mol. The van der Waals surface area contributed by atoms with Gasteiger partial charge in [0, 0.05) is 24.5 Å². The predicted molar refractivity (Wildman–Crippen MR) is 68.7 cm³/mol. The van der Waals surface area contributed by atoms with E-state index < -0.39 is 0 Å². The Kier molecular flexibility index (Phi) is 4.00. The van der Waals surface area contributed by atoms with E-state index in [-0.39, 0.29) is 6.10 Å². The lowest BCUT2D eigenvalue weighted by Gasteiger charge is -2.23. The first-order valence-electron chi connectivity index (χ1n) is 6.08. The van der Waals surface area contributed by atoms with Crippen LogP contribution in [0, 0.1) is 12.8 Å². The first-order chi connectivity index (χ1) is 7.65. The van der Waals surface area contributed by atoms with Crippen LogP contribution >= 0.6 is 11.3 Å². The van der Waals surface area contributed by atoms with Gasteiger partial charge in [-0.05, 0) is 49.6 Å². The first-order valence-corrected chi connectivity index (χ1v) is 6.96. The molecule has 0 aliphatic heterocycles. The summed E-state index contributed by atoms with van der Waals surface area (Å²) >= 11 is 1.83. The van der Waals surface area contributed by atoms with Crippen LogP contribution in [0.5, 0.6) is 0 Å². The Bertz CT molecular complexity index is 326. The molecule has 1 atom stereocenters. The fourth-order valence-corrected chi connectivity index (χ4v) is 2.96. The summed E-state index contributed by atoms with van der Waals surface area (Å²) in [7, 11) is 0. The van der Waals surface area contributed by atoms with Gasteiger partial charge in [0.2, 0.25) is 0 Å². The molecule has 1 saturated carbocycles. The number of aryl methyl sites for hydroxylation is 1. The van der Waals surface area contributed by atoms with Gasteiger partial charge in [-0.25, -0.2) is 0 Å². The van der Waals surface area contributed by atoms with E-state index in [1.54, 1.807) is 0 Å². The van der Waals surface area contributed by atoms with Crippen molar-refractivity contribution in [2.45, 2.75) is 39.3 Å². The molecule has 1 heterocycles. The van der Waals surface area contributed by atoms with Gasteiger partial charge in [0.1, 0.15) is 0 Å². The number of hydrogen-bond donors (Lipinski definition) is 1. The van der Waals surface area contributed by atoms with Crippen molar-refractivity contribution in [2.75, 3.05) is 13.1 Å². The molecule has 1 aromatic rings. The molecular formula is C13H21NOS. The lowest BCUT2D eigenvalue weighted by Crippen LogP contribution is -2.32. The van der Waals surface area contributed by atoms with Gasteiger partial charge in [0.05, 0.1) is 6.10 Å². The van der Waals surface area contributed by atoms with E-state index in [1.165, 1.54) is 23.3 Å². The lowest BCUT2D eigenvalue weighted by atomic mass is 10.2. The number of thiophene rings is 1. The van der Waals surface area contributed by atoms with Crippen molar-refractivity contribution < 1.29 is 5.11 Å². The quantitative estimate of drug-likeness (QED) is 0.825. The van der Waals surface area contributed by atoms with Gasteiger partial charge in [-0.15, -0.1) is 11.3 Å². The van der Waals surface area contributed by atoms with Crippen molar-refractivity contribution in [3.8, 4) is 0 Å². The third-order valence-corrected chi connectivity index (χ3v) is 4.08. The summed E-state index contributed by atoms with van der Waals surface area (Å²) in [6.45, 7) is 7.01. The van der Waals surface area contributed by atoms with Gasteiger partial charge in [-0.2, -0.15) is 0 Å². The van der Waals surface area contributed by atoms with Crippen molar-refractivity contribution in [2.24, 2.45) is 5.92 Å². The van der Waals surface area contributed by atoms with Gasteiger partial charge in [0.25, 0.3) is 0 Å². The molecule has 0 saturated heterocycles. The largest absolute Gasteiger partial charge is 0.392 e. The van der Waals surface area contributed by atoms with Crippen LogP contribution < -0.4 is 0 Å². The van der Waals surface area contributed by atoms with E-state index in [9.17, 15) is 5.11 Å². The maximum atomic E-state index is 9.52. The highest BCUT2D eigenvalue weighted by molar-refractivity contribution is 7.10. The van der Waals surface area contributed by atoms with Crippen LogP contribution in [0.2, 0.25) is 0 Å². The maximum absolute atomic E-state index is 9.52. The second-order valence-electron chi connectivity index (χ2n) is 5.01. The summed E-state index contributed by atoms with van der Waals surface area (Å²) in [5.41, 5.74) is 1.39. The minimum Gasteiger partial charge on any atom is -0.392 e. The smallest absolute Gasteiger partial charge is 0.0639 e. The molecule has 2 rings (SSSR count). The molecule has 0 spiro atoms. The molecule has 1 aromatic heterocycles. The third-order valence-electron chi connectivity index (χ3n) is 3.07. The van der Waals surface area contributed by atoms with Crippen LogP contribution in [0.1, 0.15) is 30.2 Å². The van der Waals surface area contributed by atoms with Gasteiger partial charge < -0.3 is 5.11 Å². The number of aliphatic hydroxyl groups excluding tert-OH is 1. The summed E-state index contributed by atoms with van der Waals surface area (Å²) in [5.74, 6) is 0.888. The number of hydrogen-bond acceptors (Lipinski definition) is 3. The van der Waals surface area contributed by atoms with E-state index in [4.69, 9.17) is 0 Å². The SMILES string of the molecule is Cc1ccsc1CN(CC(C)O)CC1CC1. The van der Waals surface area contributed by atoms with Crippen LogP contribution in [0.3, 0.4) is 0 Å². The number of aliphatic hydroxyl groups is 1. The van der Waals surface area contributed by atoms with Crippen molar-refractivity contribution in [3.05, 3.63) is 21.9 Å². The van der Waals surface area contributed by atoms with Crippen LogP contribution in [0.25, 0.3) is 0 Å². The molecule has 1 N–H and O–H groups in total. The second-order valence-corrected chi connectivity index (χ2v) is 6.01. The summed E-state index contributed by atoms with van der Waals surface area (Å²) in [6.07, 6.45) is 2.53. The standard InChI is InChI=1S/C13H21NOS/c1-10-5-6-16-13(10)9-14(7-11(2)15)8-12-3-4-12/h5-6,11-12,15H,3-4,7-9H2,1-2H3. The molecule has 0 amide bonds. The zero-order valence-electron chi connectivity index (χ0n) is 10.1. The Morgan fingerprint density at radius 1 is 1.56 bits per heavy atom. The normalized spacial score (nSPS) is 18.0. The van der Waals surface area contributed by atoms with Crippen LogP contribution in [0.4, 0.5) is 0 Å². The highest BCUT2D eigenvalue weighted by Gasteiger charge is 2.25. The molecular weight excluding hydrogens is 218 g/mol. The fraction of sp³-hybridized carbons (Fsp3) is 0.692. The highest BCUT2D eigenvalue weighted by atomic mass is 32.1. The summed E-state index contributed by atoms with van der Waals surface area (Å²) < 4.78 is 0. The van der Waals surface area contributed by atoms with E-state index in [0.29, 0.717) is 0 Å². The number of rotatable bonds is 6. The summed E-state index contributed by atoms with van der Waals surface area (Å²) in [5, 5.41) is 11.7. The molecule has 0 bridgehead atoms.